The van der Waals surface area contributed by atoms with Gasteiger partial charge in [-0.05, 0) is 30.5 Å². The Labute approximate surface area is 177 Å². The molecule has 9 nitrogen and oxygen atoms in total. The molecule has 3 heterocycles. The number of aliphatic hydroxyl groups is 2. The Morgan fingerprint density at radius 2 is 2.07 bits per heavy atom. The maximum absolute atomic E-state index is 10.5. The maximum Gasteiger partial charge on any atom is 0.167 e. The van der Waals surface area contributed by atoms with Crippen molar-refractivity contribution in [3.8, 4) is 0 Å². The molecule has 1 aliphatic carbocycles. The molecule has 0 spiro atoms. The lowest BCUT2D eigenvalue weighted by atomic mass is 9.97. The minimum atomic E-state index is -1.16. The number of nitrogens with zero attached hydrogens (tertiary/aromatic N) is 4. The molecule has 3 aromatic rings. The van der Waals surface area contributed by atoms with Crippen LogP contribution in [0.2, 0.25) is 5.02 Å². The second kappa shape index (κ2) is 7.44. The number of benzene rings is 1. The van der Waals surface area contributed by atoms with Crippen LogP contribution in [0.15, 0.2) is 36.9 Å². The van der Waals surface area contributed by atoms with Crippen LogP contribution in [0.1, 0.15) is 24.6 Å². The monoisotopic (exact) mass is 431 g/mol. The molecular weight excluding hydrogens is 410 g/mol. The SMILES string of the molecule is Nc1ncnc2c1ncn2[C@@H]1O[C@H](COCC2(c3cccc(Cl)c3)CC2)[C@@H](O)[C@H]1O. The van der Waals surface area contributed by atoms with Crippen LogP contribution < -0.4 is 5.73 Å². The van der Waals surface area contributed by atoms with Gasteiger partial charge in [-0.25, -0.2) is 15.0 Å². The zero-order valence-electron chi connectivity index (χ0n) is 16.1. The molecule has 0 radical (unpaired) electrons. The first-order valence-electron chi connectivity index (χ1n) is 9.77. The number of rotatable bonds is 6. The first-order valence-corrected chi connectivity index (χ1v) is 10.1. The summed E-state index contributed by atoms with van der Waals surface area (Å²) in [4.78, 5) is 12.3. The predicted octanol–water partition coefficient (Wildman–Crippen LogP) is 1.43. The standard InChI is InChI=1S/C20H22ClN5O4/c21-12-3-1-2-11(6-12)20(4-5-20)8-29-7-13-15(27)16(28)19(30-13)26-10-25-14-17(22)23-9-24-18(14)26/h1-3,6,9-10,13,15-16,19,27-28H,4-5,7-8H2,(H2,22,23,24)/t13-,15-,16-,19-/m1/s1. The summed E-state index contributed by atoms with van der Waals surface area (Å²) < 4.78 is 13.4. The zero-order valence-corrected chi connectivity index (χ0v) is 16.8. The quantitative estimate of drug-likeness (QED) is 0.534. The Kier molecular flexibility index (Phi) is 4.87. The van der Waals surface area contributed by atoms with E-state index in [2.05, 4.69) is 21.0 Å². The van der Waals surface area contributed by atoms with Crippen LogP contribution in [0.25, 0.3) is 11.2 Å². The van der Waals surface area contributed by atoms with Gasteiger partial charge in [0, 0.05) is 10.4 Å². The fourth-order valence-electron chi connectivity index (χ4n) is 4.01. The number of hydrogen-bond donors (Lipinski definition) is 3. The molecule has 1 saturated carbocycles. The molecule has 1 aromatic carbocycles. The Balaban J connectivity index is 1.26. The summed E-state index contributed by atoms with van der Waals surface area (Å²) in [5.74, 6) is 0.238. The van der Waals surface area contributed by atoms with Gasteiger partial charge in [0.25, 0.3) is 0 Å². The third-order valence-electron chi connectivity index (χ3n) is 5.95. The van der Waals surface area contributed by atoms with E-state index < -0.39 is 24.5 Å². The van der Waals surface area contributed by atoms with Crippen molar-refractivity contribution < 1.29 is 19.7 Å². The molecule has 4 N–H and O–H groups in total. The van der Waals surface area contributed by atoms with Gasteiger partial charge in [-0.1, -0.05) is 23.7 Å². The average molecular weight is 432 g/mol. The van der Waals surface area contributed by atoms with E-state index in [1.54, 1.807) is 4.57 Å². The van der Waals surface area contributed by atoms with Gasteiger partial charge in [0.05, 0.1) is 19.5 Å². The highest BCUT2D eigenvalue weighted by molar-refractivity contribution is 6.30. The second-order valence-corrected chi connectivity index (χ2v) is 8.37. The molecular formula is C20H22ClN5O4. The topological polar surface area (TPSA) is 129 Å². The third kappa shape index (κ3) is 3.32. The van der Waals surface area contributed by atoms with Crippen molar-refractivity contribution in [2.45, 2.75) is 42.8 Å². The molecule has 2 fully saturated rings. The number of hydrogen-bond acceptors (Lipinski definition) is 8. The highest BCUT2D eigenvalue weighted by Crippen LogP contribution is 2.49. The van der Waals surface area contributed by atoms with Crippen LogP contribution in [0.3, 0.4) is 0 Å². The third-order valence-corrected chi connectivity index (χ3v) is 6.18. The number of nitrogens with two attached hydrogens (primary N) is 1. The van der Waals surface area contributed by atoms with Gasteiger partial charge in [0.2, 0.25) is 0 Å². The lowest BCUT2D eigenvalue weighted by molar-refractivity contribution is -0.0678. The molecule has 0 amide bonds. The fraction of sp³-hybridized carbons (Fsp3) is 0.450. The normalized spacial score (nSPS) is 27.6. The van der Waals surface area contributed by atoms with Gasteiger partial charge >= 0.3 is 0 Å². The van der Waals surface area contributed by atoms with E-state index in [4.69, 9.17) is 26.8 Å². The maximum atomic E-state index is 10.5. The van der Waals surface area contributed by atoms with Gasteiger partial charge in [-0.15, -0.1) is 0 Å². The van der Waals surface area contributed by atoms with Crippen molar-refractivity contribution in [1.82, 2.24) is 19.5 Å². The zero-order chi connectivity index (χ0) is 20.9. The number of aliphatic hydroxyl groups excluding tert-OH is 2. The summed E-state index contributed by atoms with van der Waals surface area (Å²) in [6.07, 6.45) is 1.04. The van der Waals surface area contributed by atoms with Gasteiger partial charge in [-0.2, -0.15) is 0 Å². The van der Waals surface area contributed by atoms with Crippen molar-refractivity contribution in [2.75, 3.05) is 18.9 Å². The van der Waals surface area contributed by atoms with E-state index in [0.29, 0.717) is 22.8 Å². The van der Waals surface area contributed by atoms with Crippen molar-refractivity contribution >= 4 is 28.6 Å². The Morgan fingerprint density at radius 1 is 1.23 bits per heavy atom. The number of anilines is 1. The number of nitrogen functional groups attached to an aromatic ring is 1. The molecule has 1 aliphatic heterocycles. The number of imidazole rings is 1. The van der Waals surface area contributed by atoms with Crippen LogP contribution in [0.5, 0.6) is 0 Å². The van der Waals surface area contributed by atoms with Crippen LogP contribution >= 0.6 is 11.6 Å². The second-order valence-electron chi connectivity index (χ2n) is 7.94. The van der Waals surface area contributed by atoms with Crippen molar-refractivity contribution in [3.63, 3.8) is 0 Å². The molecule has 30 heavy (non-hydrogen) atoms. The van der Waals surface area contributed by atoms with Gasteiger partial charge < -0.3 is 25.4 Å². The van der Waals surface area contributed by atoms with Crippen molar-refractivity contribution in [2.24, 2.45) is 0 Å². The minimum absolute atomic E-state index is 0.0402. The predicted molar refractivity (Wildman–Crippen MR) is 109 cm³/mol. The van der Waals surface area contributed by atoms with Crippen molar-refractivity contribution in [3.05, 3.63) is 47.5 Å². The summed E-state index contributed by atoms with van der Waals surface area (Å²) in [6.45, 7) is 0.652. The lowest BCUT2D eigenvalue weighted by Gasteiger charge is -2.19. The molecule has 5 rings (SSSR count). The molecule has 10 heteroatoms. The lowest BCUT2D eigenvalue weighted by Crippen LogP contribution is -2.34. The number of ether oxygens (including phenoxy) is 2. The van der Waals surface area contributed by atoms with E-state index in [9.17, 15) is 10.2 Å². The summed E-state index contributed by atoms with van der Waals surface area (Å²) >= 11 is 6.12. The number of aromatic nitrogens is 4. The molecule has 2 aromatic heterocycles. The van der Waals surface area contributed by atoms with Gasteiger partial charge in [0.1, 0.15) is 30.2 Å². The highest BCUT2D eigenvalue weighted by atomic mass is 35.5. The Morgan fingerprint density at radius 3 is 2.83 bits per heavy atom. The van der Waals surface area contributed by atoms with Gasteiger partial charge in [0.15, 0.2) is 17.7 Å². The van der Waals surface area contributed by atoms with Crippen LogP contribution in [0.4, 0.5) is 5.82 Å². The number of halogens is 1. The minimum Gasteiger partial charge on any atom is -0.387 e. The molecule has 4 atom stereocenters. The van der Waals surface area contributed by atoms with Crippen molar-refractivity contribution in [1.29, 1.82) is 0 Å². The van der Waals surface area contributed by atoms with Crippen LogP contribution in [0, 0.1) is 0 Å². The summed E-state index contributed by atoms with van der Waals surface area (Å²) in [5.41, 5.74) is 7.78. The van der Waals surface area contributed by atoms with E-state index in [1.807, 2.05) is 18.2 Å². The smallest absolute Gasteiger partial charge is 0.167 e. The van der Waals surface area contributed by atoms with E-state index in [0.717, 1.165) is 18.4 Å². The molecule has 158 valence electrons. The fourth-order valence-corrected chi connectivity index (χ4v) is 4.20. The van der Waals surface area contributed by atoms with E-state index in [1.165, 1.54) is 12.7 Å². The van der Waals surface area contributed by atoms with E-state index in [-0.39, 0.29) is 17.8 Å². The molecule has 2 aliphatic rings. The highest BCUT2D eigenvalue weighted by Gasteiger charge is 2.47. The average Bonchev–Trinajstić information content (AvgIpc) is 3.32. The Bertz CT molecular complexity index is 1070. The van der Waals surface area contributed by atoms with Crippen LogP contribution in [-0.2, 0) is 14.9 Å². The largest absolute Gasteiger partial charge is 0.387 e. The summed E-state index contributed by atoms with van der Waals surface area (Å²) in [6, 6.07) is 7.82. The first-order chi connectivity index (χ1) is 14.5. The van der Waals surface area contributed by atoms with Gasteiger partial charge in [-0.3, -0.25) is 4.57 Å². The molecule has 0 bridgehead atoms. The van der Waals surface area contributed by atoms with E-state index >= 15 is 0 Å². The number of fused-ring (bicyclic) bond motifs is 1. The van der Waals surface area contributed by atoms with Crippen LogP contribution in [-0.4, -0.2) is 61.3 Å². The Hall–Kier alpha value is -2.30. The summed E-state index contributed by atoms with van der Waals surface area (Å²) in [5, 5.41) is 21.7. The molecule has 1 saturated heterocycles. The molecule has 0 unspecified atom stereocenters. The summed E-state index contributed by atoms with van der Waals surface area (Å²) in [7, 11) is 0. The first kappa shape index (κ1) is 19.7.